The molecule has 20 heavy (non-hydrogen) atoms. The Balaban J connectivity index is 2.15. The van der Waals surface area contributed by atoms with Crippen molar-refractivity contribution in [2.45, 2.75) is 0 Å². The number of fused-ring (bicyclic) bond motifs is 1. The quantitative estimate of drug-likeness (QED) is 0.781. The summed E-state index contributed by atoms with van der Waals surface area (Å²) in [6.07, 6.45) is 0. The van der Waals surface area contributed by atoms with Crippen LogP contribution in [0.2, 0.25) is 0 Å². The van der Waals surface area contributed by atoms with E-state index in [1.165, 1.54) is 12.1 Å². The molecule has 0 aliphatic heterocycles. The molecule has 6 heteroatoms. The van der Waals surface area contributed by atoms with E-state index in [0.29, 0.717) is 11.2 Å². The van der Waals surface area contributed by atoms with E-state index in [0.717, 1.165) is 11.9 Å². The highest BCUT2D eigenvalue weighted by Gasteiger charge is 2.14. The van der Waals surface area contributed by atoms with Gasteiger partial charge in [0.15, 0.2) is 17.3 Å². The van der Waals surface area contributed by atoms with Gasteiger partial charge < -0.3 is 9.88 Å². The number of rotatable bonds is 2. The number of aromatic amines is 1. The second-order valence-electron chi connectivity index (χ2n) is 4.62. The lowest BCUT2D eigenvalue weighted by molar-refractivity contribution is 0.510. The van der Waals surface area contributed by atoms with Crippen LogP contribution in [0.3, 0.4) is 0 Å². The summed E-state index contributed by atoms with van der Waals surface area (Å²) in [5, 5.41) is 0. The topological polar surface area (TPSA) is 44.8 Å². The zero-order chi connectivity index (χ0) is 14.3. The molecule has 0 aliphatic carbocycles. The average molecular weight is 274 g/mol. The molecular weight excluding hydrogens is 262 g/mol. The largest absolute Gasteiger partial charge is 0.363 e. The summed E-state index contributed by atoms with van der Waals surface area (Å²) in [4.78, 5) is 13.4. The van der Waals surface area contributed by atoms with Crippen molar-refractivity contribution in [3.63, 3.8) is 0 Å². The molecule has 102 valence electrons. The normalized spacial score (nSPS) is 11.0. The van der Waals surface area contributed by atoms with Gasteiger partial charge in [0, 0.05) is 14.1 Å². The third kappa shape index (κ3) is 1.99. The number of hydrogen-bond acceptors (Lipinski definition) is 3. The van der Waals surface area contributed by atoms with E-state index in [1.54, 1.807) is 0 Å². The standard InChI is InChI=1S/C14H12F2N4/c1-20(2)11-7-6-10-14(18-11)19-13(17-10)8-4-3-5-9(15)12(8)16/h3-7H,1-2H3,(H,17,18,19). The van der Waals surface area contributed by atoms with Crippen LogP contribution in [0.15, 0.2) is 30.3 Å². The number of halogens is 2. The zero-order valence-corrected chi connectivity index (χ0v) is 11.0. The molecule has 0 amide bonds. The summed E-state index contributed by atoms with van der Waals surface area (Å²) < 4.78 is 27.0. The number of pyridine rings is 1. The first kappa shape index (κ1) is 12.5. The van der Waals surface area contributed by atoms with E-state index in [1.807, 2.05) is 31.1 Å². The molecule has 0 spiro atoms. The predicted molar refractivity (Wildman–Crippen MR) is 73.6 cm³/mol. The van der Waals surface area contributed by atoms with E-state index < -0.39 is 11.6 Å². The van der Waals surface area contributed by atoms with Gasteiger partial charge in [-0.15, -0.1) is 0 Å². The van der Waals surface area contributed by atoms with E-state index in [4.69, 9.17) is 0 Å². The van der Waals surface area contributed by atoms with Gasteiger partial charge in [-0.3, -0.25) is 0 Å². The fourth-order valence-electron chi connectivity index (χ4n) is 1.95. The minimum Gasteiger partial charge on any atom is -0.363 e. The highest BCUT2D eigenvalue weighted by atomic mass is 19.2. The van der Waals surface area contributed by atoms with Crippen LogP contribution >= 0.6 is 0 Å². The van der Waals surface area contributed by atoms with Crippen molar-refractivity contribution in [3.8, 4) is 11.4 Å². The second-order valence-corrected chi connectivity index (χ2v) is 4.62. The lowest BCUT2D eigenvalue weighted by Gasteiger charge is -2.09. The van der Waals surface area contributed by atoms with E-state index in [2.05, 4.69) is 15.0 Å². The monoisotopic (exact) mass is 274 g/mol. The highest BCUT2D eigenvalue weighted by Crippen LogP contribution is 2.24. The van der Waals surface area contributed by atoms with Crippen molar-refractivity contribution in [2.24, 2.45) is 0 Å². The van der Waals surface area contributed by atoms with Crippen LogP contribution in [-0.2, 0) is 0 Å². The van der Waals surface area contributed by atoms with Gasteiger partial charge in [0.1, 0.15) is 11.6 Å². The van der Waals surface area contributed by atoms with Crippen molar-refractivity contribution in [2.75, 3.05) is 19.0 Å². The molecule has 0 saturated heterocycles. The number of benzene rings is 1. The smallest absolute Gasteiger partial charge is 0.180 e. The molecular formula is C14H12F2N4. The first-order valence-electron chi connectivity index (χ1n) is 6.05. The van der Waals surface area contributed by atoms with Crippen LogP contribution in [-0.4, -0.2) is 29.0 Å². The Hall–Kier alpha value is -2.50. The minimum absolute atomic E-state index is 0.0920. The van der Waals surface area contributed by atoms with Gasteiger partial charge in [0.05, 0.1) is 11.1 Å². The molecule has 0 radical (unpaired) electrons. The van der Waals surface area contributed by atoms with Crippen LogP contribution in [0.5, 0.6) is 0 Å². The lowest BCUT2D eigenvalue weighted by atomic mass is 10.2. The number of imidazole rings is 1. The predicted octanol–water partition coefficient (Wildman–Crippen LogP) is 2.97. The number of aromatic nitrogens is 3. The number of nitrogens with zero attached hydrogens (tertiary/aromatic N) is 3. The minimum atomic E-state index is -0.917. The third-order valence-corrected chi connectivity index (χ3v) is 3.00. The lowest BCUT2D eigenvalue weighted by Crippen LogP contribution is -2.10. The molecule has 0 aliphatic rings. The molecule has 0 bridgehead atoms. The molecule has 2 heterocycles. The maximum absolute atomic E-state index is 13.8. The Bertz CT molecular complexity index is 780. The average Bonchev–Trinajstić information content (AvgIpc) is 2.84. The SMILES string of the molecule is CN(C)c1ccc2[nH]c(-c3cccc(F)c3F)nc2n1. The van der Waals surface area contributed by atoms with Crippen LogP contribution in [0.1, 0.15) is 0 Å². The highest BCUT2D eigenvalue weighted by molar-refractivity contribution is 5.77. The maximum Gasteiger partial charge on any atom is 0.180 e. The molecule has 4 nitrogen and oxygen atoms in total. The van der Waals surface area contributed by atoms with Crippen LogP contribution < -0.4 is 4.90 Å². The Kier molecular flexibility index (Phi) is 2.85. The zero-order valence-electron chi connectivity index (χ0n) is 11.0. The van der Waals surface area contributed by atoms with Crippen molar-refractivity contribution in [1.82, 2.24) is 15.0 Å². The second kappa shape index (κ2) is 4.56. The number of anilines is 1. The third-order valence-electron chi connectivity index (χ3n) is 3.00. The Labute approximate surface area is 114 Å². The fourth-order valence-corrected chi connectivity index (χ4v) is 1.95. The summed E-state index contributed by atoms with van der Waals surface area (Å²) in [7, 11) is 3.74. The van der Waals surface area contributed by atoms with Crippen LogP contribution in [0.25, 0.3) is 22.6 Å². The van der Waals surface area contributed by atoms with Gasteiger partial charge in [-0.05, 0) is 24.3 Å². The van der Waals surface area contributed by atoms with E-state index in [-0.39, 0.29) is 11.4 Å². The summed E-state index contributed by atoms with van der Waals surface area (Å²) in [6, 6.07) is 7.63. The van der Waals surface area contributed by atoms with Crippen LogP contribution in [0, 0.1) is 11.6 Å². The van der Waals surface area contributed by atoms with Gasteiger partial charge in [-0.2, -0.15) is 0 Å². The Morgan fingerprint density at radius 3 is 2.60 bits per heavy atom. The van der Waals surface area contributed by atoms with E-state index >= 15 is 0 Å². The Morgan fingerprint density at radius 2 is 1.85 bits per heavy atom. The van der Waals surface area contributed by atoms with Gasteiger partial charge >= 0.3 is 0 Å². The summed E-state index contributed by atoms with van der Waals surface area (Å²) in [5.74, 6) is -0.806. The molecule has 1 N–H and O–H groups in total. The molecule has 0 atom stereocenters. The number of hydrogen-bond donors (Lipinski definition) is 1. The van der Waals surface area contributed by atoms with Gasteiger partial charge in [-0.25, -0.2) is 18.7 Å². The molecule has 1 aromatic carbocycles. The van der Waals surface area contributed by atoms with E-state index in [9.17, 15) is 8.78 Å². The molecule has 0 fully saturated rings. The molecule has 2 aromatic heterocycles. The summed E-state index contributed by atoms with van der Waals surface area (Å²) in [6.45, 7) is 0. The first-order valence-corrected chi connectivity index (χ1v) is 6.05. The maximum atomic E-state index is 13.8. The molecule has 3 rings (SSSR count). The van der Waals surface area contributed by atoms with Crippen molar-refractivity contribution < 1.29 is 8.78 Å². The first-order chi connectivity index (χ1) is 9.56. The molecule has 0 saturated carbocycles. The number of nitrogens with one attached hydrogen (secondary N) is 1. The van der Waals surface area contributed by atoms with Crippen molar-refractivity contribution in [1.29, 1.82) is 0 Å². The van der Waals surface area contributed by atoms with Gasteiger partial charge in [0.2, 0.25) is 0 Å². The summed E-state index contributed by atoms with van der Waals surface area (Å²) >= 11 is 0. The summed E-state index contributed by atoms with van der Waals surface area (Å²) in [5.41, 5.74) is 1.23. The molecule has 0 unspecified atom stereocenters. The van der Waals surface area contributed by atoms with Crippen LogP contribution in [0.4, 0.5) is 14.6 Å². The number of H-pyrrole nitrogens is 1. The molecule has 3 aromatic rings. The fraction of sp³-hybridized carbons (Fsp3) is 0.143. The van der Waals surface area contributed by atoms with Gasteiger partial charge in [-0.1, -0.05) is 6.07 Å². The van der Waals surface area contributed by atoms with Crippen molar-refractivity contribution in [3.05, 3.63) is 42.0 Å². The van der Waals surface area contributed by atoms with Gasteiger partial charge in [0.25, 0.3) is 0 Å². The van der Waals surface area contributed by atoms with Crippen molar-refractivity contribution >= 4 is 17.0 Å². The Morgan fingerprint density at radius 1 is 1.05 bits per heavy atom.